The maximum absolute atomic E-state index is 11.7. The van der Waals surface area contributed by atoms with Crippen molar-refractivity contribution < 1.29 is 9.21 Å². The number of amides is 1. The van der Waals surface area contributed by atoms with Crippen LogP contribution in [0.25, 0.3) is 0 Å². The van der Waals surface area contributed by atoms with E-state index in [1.54, 1.807) is 0 Å². The molecule has 0 radical (unpaired) electrons. The van der Waals surface area contributed by atoms with Crippen LogP contribution >= 0.6 is 23.4 Å². The number of carbonyl (C=O) groups excluding carboxylic acids is 1. The first kappa shape index (κ1) is 15.9. The molecule has 2 rings (SSSR count). The second-order valence-corrected chi connectivity index (χ2v) is 6.00. The van der Waals surface area contributed by atoms with Crippen LogP contribution in [0.1, 0.15) is 17.0 Å². The number of thioether (sulfide) groups is 1. The molecule has 112 valence electrons. The molecule has 0 aliphatic carbocycles. The number of carbonyl (C=O) groups is 1. The normalized spacial score (nSPS) is 10.6. The highest BCUT2D eigenvalue weighted by Gasteiger charge is 2.09. The molecule has 0 unspecified atom stereocenters. The minimum absolute atomic E-state index is 0.0255. The Bertz CT molecular complexity index is 591. The molecule has 1 N–H and O–H groups in total. The monoisotopic (exact) mass is 324 g/mol. The van der Waals surface area contributed by atoms with Gasteiger partial charge >= 0.3 is 0 Å². The summed E-state index contributed by atoms with van der Waals surface area (Å²) >= 11 is 7.13. The smallest absolute Gasteiger partial charge is 0.256 e. The fourth-order valence-corrected chi connectivity index (χ4v) is 2.55. The van der Waals surface area contributed by atoms with Gasteiger partial charge in [0.05, 0.1) is 11.4 Å². The number of nitrogens with one attached hydrogen (secondary N) is 1. The van der Waals surface area contributed by atoms with Gasteiger partial charge in [-0.15, -0.1) is 0 Å². The zero-order valence-corrected chi connectivity index (χ0v) is 13.6. The SMILES string of the molecule is Cc1nc(SCC(=O)NCCc2ccc(Cl)cc2)oc1C. The summed E-state index contributed by atoms with van der Waals surface area (Å²) in [6, 6.07) is 7.62. The van der Waals surface area contributed by atoms with Crippen LogP contribution in [0.5, 0.6) is 0 Å². The molecule has 2 aromatic rings. The first-order valence-electron chi connectivity index (χ1n) is 6.62. The second kappa shape index (κ2) is 7.52. The van der Waals surface area contributed by atoms with Crippen molar-refractivity contribution in [1.29, 1.82) is 0 Å². The average Bonchev–Trinajstić information content (AvgIpc) is 2.78. The number of oxazole rings is 1. The Balaban J connectivity index is 1.69. The molecule has 21 heavy (non-hydrogen) atoms. The van der Waals surface area contributed by atoms with Crippen LogP contribution in [0.4, 0.5) is 0 Å². The first-order chi connectivity index (χ1) is 10.0. The zero-order valence-electron chi connectivity index (χ0n) is 12.0. The van der Waals surface area contributed by atoms with Gasteiger partial charge in [0.15, 0.2) is 0 Å². The summed E-state index contributed by atoms with van der Waals surface area (Å²) in [6.07, 6.45) is 0.783. The van der Waals surface area contributed by atoms with Gasteiger partial charge < -0.3 is 9.73 Å². The first-order valence-corrected chi connectivity index (χ1v) is 7.99. The highest BCUT2D eigenvalue weighted by Crippen LogP contribution is 2.19. The molecular formula is C15H17ClN2O2S. The maximum Gasteiger partial charge on any atom is 0.256 e. The molecule has 0 saturated carbocycles. The number of benzene rings is 1. The van der Waals surface area contributed by atoms with Crippen LogP contribution in [0.3, 0.4) is 0 Å². The highest BCUT2D eigenvalue weighted by atomic mass is 35.5. The Morgan fingerprint density at radius 2 is 2.05 bits per heavy atom. The fourth-order valence-electron chi connectivity index (χ4n) is 1.68. The van der Waals surface area contributed by atoms with Crippen LogP contribution in [0, 0.1) is 13.8 Å². The molecule has 6 heteroatoms. The van der Waals surface area contributed by atoms with Gasteiger partial charge in [-0.1, -0.05) is 35.5 Å². The molecule has 1 aromatic carbocycles. The van der Waals surface area contributed by atoms with Crippen molar-refractivity contribution in [2.24, 2.45) is 0 Å². The van der Waals surface area contributed by atoms with E-state index in [4.69, 9.17) is 16.0 Å². The number of hydrogen-bond donors (Lipinski definition) is 1. The summed E-state index contributed by atoms with van der Waals surface area (Å²) in [5, 5.41) is 4.13. The van der Waals surface area contributed by atoms with E-state index in [0.29, 0.717) is 17.5 Å². The van der Waals surface area contributed by atoms with Gasteiger partial charge in [-0.3, -0.25) is 4.79 Å². The Kier molecular flexibility index (Phi) is 5.70. The van der Waals surface area contributed by atoms with Gasteiger partial charge in [0.25, 0.3) is 5.22 Å². The van der Waals surface area contributed by atoms with Crippen LogP contribution in [0.2, 0.25) is 5.02 Å². The van der Waals surface area contributed by atoms with Gasteiger partial charge in [0.1, 0.15) is 5.76 Å². The lowest BCUT2D eigenvalue weighted by Crippen LogP contribution is -2.27. The van der Waals surface area contributed by atoms with E-state index < -0.39 is 0 Å². The third kappa shape index (κ3) is 5.10. The minimum Gasteiger partial charge on any atom is -0.437 e. The summed E-state index contributed by atoms with van der Waals surface area (Å²) in [6.45, 7) is 4.35. The average molecular weight is 325 g/mol. The molecule has 1 heterocycles. The third-order valence-corrected chi connectivity index (χ3v) is 4.06. The molecule has 4 nitrogen and oxygen atoms in total. The van der Waals surface area contributed by atoms with E-state index in [0.717, 1.165) is 28.5 Å². The van der Waals surface area contributed by atoms with Crippen molar-refractivity contribution in [2.45, 2.75) is 25.5 Å². The van der Waals surface area contributed by atoms with E-state index in [1.807, 2.05) is 38.1 Å². The molecule has 0 spiro atoms. The maximum atomic E-state index is 11.7. The largest absolute Gasteiger partial charge is 0.437 e. The van der Waals surface area contributed by atoms with E-state index >= 15 is 0 Å². The van der Waals surface area contributed by atoms with Crippen molar-refractivity contribution in [3.8, 4) is 0 Å². The molecular weight excluding hydrogens is 308 g/mol. The topological polar surface area (TPSA) is 55.1 Å². The van der Waals surface area contributed by atoms with Crippen LogP contribution < -0.4 is 5.32 Å². The number of aromatic nitrogens is 1. The molecule has 0 saturated heterocycles. The van der Waals surface area contributed by atoms with Crippen molar-refractivity contribution in [3.05, 3.63) is 46.3 Å². The zero-order chi connectivity index (χ0) is 15.2. The van der Waals surface area contributed by atoms with Gasteiger partial charge in [0.2, 0.25) is 5.91 Å². The molecule has 1 aromatic heterocycles. The van der Waals surface area contributed by atoms with Gasteiger partial charge in [0, 0.05) is 11.6 Å². The molecule has 0 bridgehead atoms. The molecule has 0 aliphatic rings. The lowest BCUT2D eigenvalue weighted by molar-refractivity contribution is -0.118. The fraction of sp³-hybridized carbons (Fsp3) is 0.333. The van der Waals surface area contributed by atoms with E-state index in [9.17, 15) is 4.79 Å². The second-order valence-electron chi connectivity index (χ2n) is 4.64. The lowest BCUT2D eigenvalue weighted by atomic mass is 10.1. The summed E-state index contributed by atoms with van der Waals surface area (Å²) < 4.78 is 5.41. The van der Waals surface area contributed by atoms with Crippen molar-refractivity contribution in [2.75, 3.05) is 12.3 Å². The standard InChI is InChI=1S/C15H17ClN2O2S/c1-10-11(2)20-15(18-10)21-9-14(19)17-8-7-12-3-5-13(16)6-4-12/h3-6H,7-9H2,1-2H3,(H,17,19). The van der Waals surface area contributed by atoms with E-state index in [2.05, 4.69) is 10.3 Å². The van der Waals surface area contributed by atoms with Crippen LogP contribution in [0.15, 0.2) is 33.9 Å². The van der Waals surface area contributed by atoms with Crippen molar-refractivity contribution >= 4 is 29.3 Å². The van der Waals surface area contributed by atoms with Crippen LogP contribution in [-0.2, 0) is 11.2 Å². The van der Waals surface area contributed by atoms with Gasteiger partial charge in [-0.05, 0) is 38.0 Å². The molecule has 1 amide bonds. The summed E-state index contributed by atoms with van der Waals surface area (Å²) in [5.74, 6) is 1.07. The van der Waals surface area contributed by atoms with Crippen LogP contribution in [-0.4, -0.2) is 23.2 Å². The predicted octanol–water partition coefficient (Wildman–Crippen LogP) is 3.40. The number of halogens is 1. The van der Waals surface area contributed by atoms with E-state index in [-0.39, 0.29) is 5.91 Å². The quantitative estimate of drug-likeness (QED) is 0.827. The summed E-state index contributed by atoms with van der Waals surface area (Å²) in [7, 11) is 0. The number of rotatable bonds is 6. The summed E-state index contributed by atoms with van der Waals surface area (Å²) in [5.41, 5.74) is 2.01. The number of nitrogens with zero attached hydrogens (tertiary/aromatic N) is 1. The van der Waals surface area contributed by atoms with Gasteiger partial charge in [-0.25, -0.2) is 4.98 Å². The number of aryl methyl sites for hydroxylation is 2. The van der Waals surface area contributed by atoms with Gasteiger partial charge in [-0.2, -0.15) is 0 Å². The van der Waals surface area contributed by atoms with E-state index in [1.165, 1.54) is 11.8 Å². The number of hydrogen-bond acceptors (Lipinski definition) is 4. The third-order valence-electron chi connectivity index (χ3n) is 2.98. The Hall–Kier alpha value is -1.46. The molecule has 0 atom stereocenters. The van der Waals surface area contributed by atoms with Crippen molar-refractivity contribution in [1.82, 2.24) is 10.3 Å². The minimum atomic E-state index is -0.0255. The lowest BCUT2D eigenvalue weighted by Gasteiger charge is -2.04. The predicted molar refractivity (Wildman–Crippen MR) is 84.9 cm³/mol. The molecule has 0 aliphatic heterocycles. The summed E-state index contributed by atoms with van der Waals surface area (Å²) in [4.78, 5) is 16.0. The Morgan fingerprint density at radius 3 is 2.67 bits per heavy atom. The Labute approximate surface area is 133 Å². The Morgan fingerprint density at radius 1 is 1.33 bits per heavy atom. The molecule has 0 fully saturated rings. The highest BCUT2D eigenvalue weighted by molar-refractivity contribution is 7.99. The van der Waals surface area contributed by atoms with Crippen molar-refractivity contribution in [3.63, 3.8) is 0 Å².